The molecule has 0 unspecified atom stereocenters. The number of nitrogens with two attached hydrogens (primary N) is 2. The van der Waals surface area contributed by atoms with Crippen LogP contribution in [0.2, 0.25) is 0 Å². The van der Waals surface area contributed by atoms with Gasteiger partial charge in [0.1, 0.15) is 23.6 Å². The number of nitrogens with one attached hydrogen (secondary N) is 2. The van der Waals surface area contributed by atoms with Crippen molar-refractivity contribution in [3.05, 3.63) is 47.5 Å². The Kier molecular flexibility index (Phi) is 8.51. The minimum atomic E-state index is -1.23. The van der Waals surface area contributed by atoms with Crippen molar-refractivity contribution in [3.63, 3.8) is 0 Å². The number of aliphatic hydroxyl groups excluding tert-OH is 1. The molecule has 11 nitrogen and oxygen atoms in total. The second-order valence-corrected chi connectivity index (χ2v) is 9.18. The molecule has 1 aliphatic rings. The van der Waals surface area contributed by atoms with Crippen molar-refractivity contribution in [2.45, 2.75) is 43.5 Å². The van der Waals surface area contributed by atoms with Gasteiger partial charge in [-0.3, -0.25) is 14.4 Å². The smallest absolute Gasteiger partial charge is 0.244 e. The molecule has 0 aliphatic carbocycles. The normalized spacial score (nSPS) is 21.4. The zero-order valence-corrected chi connectivity index (χ0v) is 20.3. The minimum Gasteiger partial charge on any atom is -0.508 e. The van der Waals surface area contributed by atoms with Crippen LogP contribution in [0.1, 0.15) is 17.5 Å². The van der Waals surface area contributed by atoms with E-state index >= 15 is 0 Å². The standard InChI is InChI=1S/C25H33N5O6/c1-30(2)25(36)20-10-16-8-14(4-6-22(16)33)13-3-5-21(32)15(7-13)9-18(27)23(34)28-19(24(35)29-20)11-17(31)12-26/h3-8,17-20,31-33H,9-12,26-27H2,1-2H3,(H,28,34)(H,29,35)/t17-,18+,19-,20-/m1/s1. The number of carbonyl (C=O) groups excluding carboxylic acids is 3. The van der Waals surface area contributed by atoms with Crippen molar-refractivity contribution in [1.82, 2.24) is 15.5 Å². The third kappa shape index (κ3) is 6.30. The van der Waals surface area contributed by atoms with Gasteiger partial charge in [0.25, 0.3) is 0 Å². The molecule has 3 rings (SSSR count). The summed E-state index contributed by atoms with van der Waals surface area (Å²) in [6.07, 6.45) is -1.35. The summed E-state index contributed by atoms with van der Waals surface area (Å²) in [6.45, 7) is -0.146. The van der Waals surface area contributed by atoms with Gasteiger partial charge in [-0.25, -0.2) is 0 Å². The predicted octanol–water partition coefficient (Wildman–Crippen LogP) is -1.04. The van der Waals surface area contributed by atoms with E-state index in [1.54, 1.807) is 24.3 Å². The van der Waals surface area contributed by atoms with Crippen molar-refractivity contribution < 1.29 is 29.7 Å². The van der Waals surface area contributed by atoms with E-state index < -0.39 is 42.0 Å². The lowest BCUT2D eigenvalue weighted by molar-refractivity contribution is -0.136. The zero-order chi connectivity index (χ0) is 26.6. The van der Waals surface area contributed by atoms with Crippen molar-refractivity contribution in [2.75, 3.05) is 20.6 Å². The third-order valence-corrected chi connectivity index (χ3v) is 6.16. The maximum atomic E-state index is 13.2. The molecule has 0 spiro atoms. The van der Waals surface area contributed by atoms with Crippen LogP contribution in [-0.4, -0.2) is 82.8 Å². The highest BCUT2D eigenvalue weighted by Crippen LogP contribution is 2.31. The summed E-state index contributed by atoms with van der Waals surface area (Å²) in [7, 11) is 3.07. The van der Waals surface area contributed by atoms with Gasteiger partial charge in [-0.2, -0.15) is 0 Å². The summed E-state index contributed by atoms with van der Waals surface area (Å²) in [4.78, 5) is 40.4. The number of hydrogen-bond donors (Lipinski definition) is 7. The van der Waals surface area contributed by atoms with E-state index in [1.807, 2.05) is 0 Å². The zero-order valence-electron chi connectivity index (χ0n) is 20.3. The molecule has 194 valence electrons. The van der Waals surface area contributed by atoms with Crippen molar-refractivity contribution >= 4 is 17.7 Å². The number of amides is 3. The van der Waals surface area contributed by atoms with E-state index in [1.165, 1.54) is 31.1 Å². The number of rotatable bonds is 4. The van der Waals surface area contributed by atoms with E-state index in [0.29, 0.717) is 22.3 Å². The molecule has 2 aromatic carbocycles. The first-order chi connectivity index (χ1) is 17.0. The molecule has 0 fully saturated rings. The number of carbonyl (C=O) groups is 3. The molecular weight excluding hydrogens is 466 g/mol. The molecule has 9 N–H and O–H groups in total. The second kappa shape index (κ2) is 11.4. The van der Waals surface area contributed by atoms with E-state index in [-0.39, 0.29) is 37.3 Å². The number of fused-ring (bicyclic) bond motifs is 5. The highest BCUT2D eigenvalue weighted by Gasteiger charge is 2.31. The molecule has 0 radical (unpaired) electrons. The number of benzene rings is 2. The summed E-state index contributed by atoms with van der Waals surface area (Å²) < 4.78 is 0. The monoisotopic (exact) mass is 499 g/mol. The van der Waals surface area contributed by atoms with Gasteiger partial charge in [0, 0.05) is 39.9 Å². The summed E-state index contributed by atoms with van der Waals surface area (Å²) in [5.41, 5.74) is 13.8. The fraction of sp³-hybridized carbons (Fsp3) is 0.400. The number of phenolic OH excluding ortho intramolecular Hbond substituents is 2. The predicted molar refractivity (Wildman–Crippen MR) is 133 cm³/mol. The Bertz CT molecular complexity index is 1140. The van der Waals surface area contributed by atoms with Crippen LogP contribution in [0.15, 0.2) is 36.4 Å². The number of aromatic hydroxyl groups is 2. The first-order valence-electron chi connectivity index (χ1n) is 11.6. The highest BCUT2D eigenvalue weighted by molar-refractivity contribution is 5.93. The quantitative estimate of drug-likeness (QED) is 0.277. The molecule has 3 amide bonds. The Morgan fingerprint density at radius 1 is 1.00 bits per heavy atom. The molecule has 2 aromatic rings. The second-order valence-electron chi connectivity index (χ2n) is 9.18. The number of aliphatic hydroxyl groups is 1. The molecule has 0 aromatic heterocycles. The van der Waals surface area contributed by atoms with Crippen LogP contribution in [0, 0.1) is 0 Å². The van der Waals surface area contributed by atoms with Gasteiger partial charge in [0.2, 0.25) is 17.7 Å². The Morgan fingerprint density at radius 3 is 2.08 bits per heavy atom. The third-order valence-electron chi connectivity index (χ3n) is 6.16. The van der Waals surface area contributed by atoms with Crippen LogP contribution >= 0.6 is 0 Å². The van der Waals surface area contributed by atoms with Gasteiger partial charge in [-0.05, 0) is 46.5 Å². The van der Waals surface area contributed by atoms with Gasteiger partial charge in [0.15, 0.2) is 0 Å². The molecule has 0 saturated heterocycles. The minimum absolute atomic E-state index is 0.0219. The first kappa shape index (κ1) is 26.9. The van der Waals surface area contributed by atoms with Crippen LogP contribution in [-0.2, 0) is 27.2 Å². The van der Waals surface area contributed by atoms with Crippen molar-refractivity contribution in [1.29, 1.82) is 0 Å². The number of nitrogens with zero attached hydrogens (tertiary/aromatic N) is 1. The van der Waals surface area contributed by atoms with Gasteiger partial charge in [-0.15, -0.1) is 0 Å². The van der Waals surface area contributed by atoms with Crippen LogP contribution < -0.4 is 22.1 Å². The van der Waals surface area contributed by atoms with Gasteiger partial charge in [-0.1, -0.05) is 12.1 Å². The first-order valence-corrected chi connectivity index (χ1v) is 11.6. The molecule has 1 aliphatic heterocycles. The summed E-state index contributed by atoms with van der Waals surface area (Å²) in [5, 5.41) is 36.1. The van der Waals surface area contributed by atoms with Crippen molar-refractivity contribution in [3.8, 4) is 22.6 Å². The maximum Gasteiger partial charge on any atom is 0.244 e. The Balaban J connectivity index is 2.12. The SMILES string of the molecule is CN(C)C(=O)[C@H]1Cc2cc(ccc2O)-c2ccc(O)c(c2)C[C@H](N)C(=O)N[C@H](C[C@@H](O)CN)C(=O)N1. The number of phenols is 2. The largest absolute Gasteiger partial charge is 0.508 e. The molecule has 4 bridgehead atoms. The Labute approximate surface area is 209 Å². The van der Waals surface area contributed by atoms with E-state index in [4.69, 9.17) is 11.5 Å². The molecular formula is C25H33N5O6. The van der Waals surface area contributed by atoms with Gasteiger partial charge >= 0.3 is 0 Å². The van der Waals surface area contributed by atoms with Gasteiger partial charge < -0.3 is 42.3 Å². The van der Waals surface area contributed by atoms with E-state index in [2.05, 4.69) is 10.6 Å². The fourth-order valence-corrected chi connectivity index (χ4v) is 4.07. The molecule has 11 heteroatoms. The van der Waals surface area contributed by atoms with Gasteiger partial charge in [0.05, 0.1) is 12.1 Å². The lowest BCUT2D eigenvalue weighted by Gasteiger charge is -2.27. The molecule has 36 heavy (non-hydrogen) atoms. The fourth-order valence-electron chi connectivity index (χ4n) is 4.07. The lowest BCUT2D eigenvalue weighted by Crippen LogP contribution is -2.57. The van der Waals surface area contributed by atoms with E-state index in [0.717, 1.165) is 0 Å². The summed E-state index contributed by atoms with van der Waals surface area (Å²) >= 11 is 0. The van der Waals surface area contributed by atoms with Crippen LogP contribution in [0.5, 0.6) is 11.5 Å². The van der Waals surface area contributed by atoms with Crippen LogP contribution in [0.3, 0.4) is 0 Å². The molecule has 0 saturated carbocycles. The average molecular weight is 500 g/mol. The summed E-state index contributed by atoms with van der Waals surface area (Å²) in [5.74, 6) is -1.91. The number of likely N-dealkylation sites (N-methyl/N-ethyl adjacent to an activating group) is 1. The van der Waals surface area contributed by atoms with Crippen molar-refractivity contribution in [2.24, 2.45) is 11.5 Å². The summed E-state index contributed by atoms with van der Waals surface area (Å²) in [6, 6.07) is 6.33. The molecule has 1 heterocycles. The lowest BCUT2D eigenvalue weighted by atomic mass is 9.95. The van der Waals surface area contributed by atoms with Crippen LogP contribution in [0.25, 0.3) is 11.1 Å². The maximum absolute atomic E-state index is 13.2. The Morgan fingerprint density at radius 2 is 1.56 bits per heavy atom. The van der Waals surface area contributed by atoms with E-state index in [9.17, 15) is 29.7 Å². The Hall–Kier alpha value is -3.67. The van der Waals surface area contributed by atoms with Crippen LogP contribution in [0.4, 0.5) is 0 Å². The highest BCUT2D eigenvalue weighted by atomic mass is 16.3. The number of hydrogen-bond acceptors (Lipinski definition) is 8. The molecule has 4 atom stereocenters. The average Bonchev–Trinajstić information content (AvgIpc) is 2.84. The topological polar surface area (TPSA) is 191 Å².